The van der Waals surface area contributed by atoms with E-state index >= 15 is 0 Å². The van der Waals surface area contributed by atoms with Gasteiger partial charge in [0.05, 0.1) is 11.6 Å². The van der Waals surface area contributed by atoms with Crippen molar-refractivity contribution in [2.24, 2.45) is 5.73 Å². The summed E-state index contributed by atoms with van der Waals surface area (Å²) in [6, 6.07) is 14.9. The van der Waals surface area contributed by atoms with Crippen LogP contribution >= 0.6 is 22.6 Å². The number of primary amides is 1. The summed E-state index contributed by atoms with van der Waals surface area (Å²) in [5.41, 5.74) is 6.14. The van der Waals surface area contributed by atoms with Crippen LogP contribution in [-0.4, -0.2) is 34.2 Å². The molecule has 4 N–H and O–H groups in total. The molecule has 0 bridgehead atoms. The Bertz CT molecular complexity index is 815. The molecule has 2 rings (SSSR count). The van der Waals surface area contributed by atoms with Gasteiger partial charge in [0, 0.05) is 14.9 Å². The van der Waals surface area contributed by atoms with Crippen molar-refractivity contribution in [3.63, 3.8) is 0 Å². The number of halogens is 1. The third-order valence-corrected chi connectivity index (χ3v) is 4.12. The molecule has 2 aromatic carbocycles. The molecular formula is C17H14IN3O4. The van der Waals surface area contributed by atoms with Crippen molar-refractivity contribution in [2.45, 2.75) is 12.2 Å². The number of aliphatic hydroxyl groups is 2. The predicted molar refractivity (Wildman–Crippen MR) is 98.7 cm³/mol. The maximum absolute atomic E-state index is 12.7. The number of benzene rings is 2. The third-order valence-electron chi connectivity index (χ3n) is 3.40. The van der Waals surface area contributed by atoms with Gasteiger partial charge in [0.1, 0.15) is 0 Å². The predicted octanol–water partition coefficient (Wildman–Crippen LogP) is 1.03. The molecule has 0 radical (unpaired) electrons. The van der Waals surface area contributed by atoms with Crippen molar-refractivity contribution >= 4 is 45.8 Å². The fourth-order valence-corrected chi connectivity index (χ4v) is 2.46. The lowest BCUT2D eigenvalue weighted by Gasteiger charge is -2.26. The van der Waals surface area contributed by atoms with Gasteiger partial charge in [-0.3, -0.25) is 14.5 Å². The highest BCUT2D eigenvalue weighted by Crippen LogP contribution is 2.27. The monoisotopic (exact) mass is 451 g/mol. The molecule has 2 aromatic rings. The number of carbonyl (C=O) groups excluding carboxylic acids is 2. The van der Waals surface area contributed by atoms with Gasteiger partial charge in [0.15, 0.2) is 12.2 Å². The minimum atomic E-state index is -2.03. The number of nitrogens with zero attached hydrogens (tertiary/aromatic N) is 2. The second kappa shape index (κ2) is 8.06. The molecule has 0 saturated carbocycles. The molecular weight excluding hydrogens is 437 g/mol. The van der Waals surface area contributed by atoms with Crippen LogP contribution in [0, 0.1) is 14.9 Å². The molecule has 128 valence electrons. The van der Waals surface area contributed by atoms with Crippen LogP contribution in [0.1, 0.15) is 5.56 Å². The quantitative estimate of drug-likeness (QED) is 0.586. The Morgan fingerprint density at radius 1 is 1.00 bits per heavy atom. The standard InChI is InChI=1S/C17H14IN3O4/c18-11-3-7-13(8-4-11)21(12-5-1-10(9-19)2-6-12)17(25)15(23)14(22)16(20)24/h1-8,14-15,22-23H,(H2,20,24). The first-order valence-electron chi connectivity index (χ1n) is 7.10. The van der Waals surface area contributed by atoms with Crippen molar-refractivity contribution in [2.75, 3.05) is 4.90 Å². The number of rotatable bonds is 5. The second-order valence-electron chi connectivity index (χ2n) is 5.10. The molecule has 8 heteroatoms. The maximum atomic E-state index is 12.7. The Morgan fingerprint density at radius 2 is 1.48 bits per heavy atom. The number of hydrogen-bond acceptors (Lipinski definition) is 5. The molecule has 0 aliphatic heterocycles. The van der Waals surface area contributed by atoms with Crippen molar-refractivity contribution in [1.29, 1.82) is 5.26 Å². The van der Waals surface area contributed by atoms with Gasteiger partial charge in [-0.25, -0.2) is 0 Å². The minimum Gasteiger partial charge on any atom is -0.380 e. The molecule has 2 unspecified atom stereocenters. The fourth-order valence-electron chi connectivity index (χ4n) is 2.10. The zero-order valence-electron chi connectivity index (χ0n) is 12.8. The van der Waals surface area contributed by atoms with Gasteiger partial charge >= 0.3 is 0 Å². The Morgan fingerprint density at radius 3 is 1.92 bits per heavy atom. The topological polar surface area (TPSA) is 128 Å². The number of carbonyl (C=O) groups is 2. The van der Waals surface area contributed by atoms with E-state index in [0.29, 0.717) is 16.9 Å². The Labute approximate surface area is 157 Å². The van der Waals surface area contributed by atoms with Crippen molar-refractivity contribution < 1.29 is 19.8 Å². The van der Waals surface area contributed by atoms with Crippen molar-refractivity contribution in [3.8, 4) is 6.07 Å². The molecule has 0 fully saturated rings. The highest BCUT2D eigenvalue weighted by molar-refractivity contribution is 14.1. The molecule has 0 spiro atoms. The molecule has 2 atom stereocenters. The molecule has 7 nitrogen and oxygen atoms in total. The average Bonchev–Trinajstić information content (AvgIpc) is 2.62. The van der Waals surface area contributed by atoms with Crippen LogP contribution in [0.5, 0.6) is 0 Å². The van der Waals surface area contributed by atoms with Gasteiger partial charge in [0.25, 0.3) is 5.91 Å². The van der Waals surface area contributed by atoms with Crippen LogP contribution in [0.2, 0.25) is 0 Å². The number of hydrogen-bond donors (Lipinski definition) is 3. The van der Waals surface area contributed by atoms with Gasteiger partial charge in [-0.1, -0.05) is 0 Å². The smallest absolute Gasteiger partial charge is 0.263 e. The molecule has 2 amide bonds. The second-order valence-corrected chi connectivity index (χ2v) is 6.35. The zero-order valence-corrected chi connectivity index (χ0v) is 15.0. The fraction of sp³-hybridized carbons (Fsp3) is 0.118. The van der Waals surface area contributed by atoms with E-state index in [1.54, 1.807) is 24.3 Å². The highest BCUT2D eigenvalue weighted by atomic mass is 127. The summed E-state index contributed by atoms with van der Waals surface area (Å²) in [5.74, 6) is -2.12. The number of nitrogens with two attached hydrogens (primary N) is 1. The van der Waals surface area contributed by atoms with Crippen molar-refractivity contribution in [3.05, 3.63) is 57.7 Å². The van der Waals surface area contributed by atoms with E-state index in [9.17, 15) is 19.8 Å². The minimum absolute atomic E-state index is 0.362. The summed E-state index contributed by atoms with van der Waals surface area (Å²) >= 11 is 2.10. The summed E-state index contributed by atoms with van der Waals surface area (Å²) < 4.78 is 0.936. The highest BCUT2D eigenvalue weighted by Gasteiger charge is 2.33. The van der Waals surface area contributed by atoms with E-state index in [4.69, 9.17) is 11.0 Å². The molecule has 0 aromatic heterocycles. The largest absolute Gasteiger partial charge is 0.380 e. The summed E-state index contributed by atoms with van der Waals surface area (Å²) in [4.78, 5) is 24.9. The Balaban J connectivity index is 2.48. The molecule has 0 aliphatic rings. The normalized spacial score (nSPS) is 12.7. The van der Waals surface area contributed by atoms with Crippen molar-refractivity contribution in [1.82, 2.24) is 0 Å². The molecule has 0 heterocycles. The SMILES string of the molecule is N#Cc1ccc(N(C(=O)C(O)C(O)C(N)=O)c2ccc(I)cc2)cc1. The van der Waals surface area contributed by atoms with E-state index in [1.165, 1.54) is 24.3 Å². The van der Waals surface area contributed by atoms with E-state index in [-0.39, 0.29) is 0 Å². The Hall–Kier alpha value is -2.48. The lowest BCUT2D eigenvalue weighted by molar-refractivity contribution is -0.142. The van der Waals surface area contributed by atoms with Gasteiger partial charge in [0.2, 0.25) is 5.91 Å². The Kier molecular flexibility index (Phi) is 6.08. The average molecular weight is 451 g/mol. The zero-order chi connectivity index (χ0) is 18.6. The maximum Gasteiger partial charge on any atom is 0.263 e. The first-order chi connectivity index (χ1) is 11.8. The van der Waals surface area contributed by atoms with Gasteiger partial charge in [-0.05, 0) is 71.1 Å². The lowest BCUT2D eigenvalue weighted by atomic mass is 10.1. The van der Waals surface area contributed by atoms with Crippen LogP contribution in [0.4, 0.5) is 11.4 Å². The number of aliphatic hydroxyl groups excluding tert-OH is 2. The summed E-state index contributed by atoms with van der Waals surface area (Å²) in [5, 5.41) is 28.5. The summed E-state index contributed by atoms with van der Waals surface area (Å²) in [6.07, 6.45) is -4.05. The first-order valence-corrected chi connectivity index (χ1v) is 8.18. The number of nitriles is 1. The molecule has 0 saturated heterocycles. The van der Waals surface area contributed by atoms with Gasteiger partial charge < -0.3 is 15.9 Å². The molecule has 25 heavy (non-hydrogen) atoms. The van der Waals surface area contributed by atoms with E-state index in [2.05, 4.69) is 22.6 Å². The summed E-state index contributed by atoms with van der Waals surface area (Å²) in [6.45, 7) is 0. The van der Waals surface area contributed by atoms with Gasteiger partial charge in [-0.2, -0.15) is 5.26 Å². The third kappa shape index (κ3) is 4.33. The van der Waals surface area contributed by atoms with Gasteiger partial charge in [-0.15, -0.1) is 0 Å². The van der Waals surface area contributed by atoms with E-state index in [1.807, 2.05) is 6.07 Å². The van der Waals surface area contributed by atoms with E-state index in [0.717, 1.165) is 8.47 Å². The summed E-state index contributed by atoms with van der Waals surface area (Å²) in [7, 11) is 0. The molecule has 0 aliphatic carbocycles. The van der Waals surface area contributed by atoms with E-state index < -0.39 is 24.0 Å². The van der Waals surface area contributed by atoms with Crippen LogP contribution in [0.25, 0.3) is 0 Å². The van der Waals surface area contributed by atoms with Crippen LogP contribution in [0.15, 0.2) is 48.5 Å². The number of anilines is 2. The number of amides is 2. The first kappa shape index (κ1) is 18.9. The van der Waals surface area contributed by atoms with Crippen LogP contribution in [-0.2, 0) is 9.59 Å². The van der Waals surface area contributed by atoms with Crippen LogP contribution < -0.4 is 10.6 Å². The lowest BCUT2D eigenvalue weighted by Crippen LogP contribution is -2.48. The van der Waals surface area contributed by atoms with Crippen LogP contribution in [0.3, 0.4) is 0 Å².